The van der Waals surface area contributed by atoms with Crippen LogP contribution in [-0.4, -0.2) is 33.4 Å². The molecule has 152 valence electrons. The van der Waals surface area contributed by atoms with Crippen LogP contribution in [0.1, 0.15) is 33.8 Å². The lowest BCUT2D eigenvalue weighted by molar-refractivity contribution is 0.0702. The van der Waals surface area contributed by atoms with Crippen LogP contribution in [0.3, 0.4) is 0 Å². The Morgan fingerprint density at radius 1 is 1.21 bits per heavy atom. The Labute approximate surface area is 175 Å². The highest BCUT2D eigenvalue weighted by Gasteiger charge is 2.40. The number of carbonyl (C=O) groups is 1. The molecule has 0 radical (unpaired) electrons. The second-order valence-electron chi connectivity index (χ2n) is 7.03. The molecule has 1 aliphatic carbocycles. The smallest absolute Gasteiger partial charge is 0.345 e. The van der Waals surface area contributed by atoms with E-state index in [9.17, 15) is 18.7 Å². The van der Waals surface area contributed by atoms with Crippen molar-refractivity contribution >= 4 is 40.7 Å². The highest BCUT2D eigenvalue weighted by Crippen LogP contribution is 2.42. The Kier molecular flexibility index (Phi) is 7.36. The molecule has 0 amide bonds. The van der Waals surface area contributed by atoms with E-state index in [-0.39, 0.29) is 17.2 Å². The van der Waals surface area contributed by atoms with Gasteiger partial charge in [-0.05, 0) is 61.8 Å². The van der Waals surface area contributed by atoms with Gasteiger partial charge in [-0.1, -0.05) is 0 Å². The fourth-order valence-electron chi connectivity index (χ4n) is 3.71. The predicted molar refractivity (Wildman–Crippen MR) is 109 cm³/mol. The number of carboxylic acids is 1. The lowest BCUT2D eigenvalue weighted by Gasteiger charge is -2.23. The quantitative estimate of drug-likeness (QED) is 0.418. The Balaban J connectivity index is 1.56. The number of aliphatic hydroxyl groups excluding tert-OH is 1. The van der Waals surface area contributed by atoms with Crippen molar-refractivity contribution in [3.63, 3.8) is 0 Å². The second kappa shape index (κ2) is 9.57. The largest absolute Gasteiger partial charge is 0.477 e. The summed E-state index contributed by atoms with van der Waals surface area (Å²) < 4.78 is 26.7. The number of thiophene rings is 1. The van der Waals surface area contributed by atoms with Crippen LogP contribution in [0.15, 0.2) is 35.2 Å². The average Bonchev–Trinajstić information content (AvgIpc) is 3.18. The van der Waals surface area contributed by atoms with E-state index in [1.165, 1.54) is 35.2 Å². The molecule has 4 atom stereocenters. The van der Waals surface area contributed by atoms with Gasteiger partial charge in [0.25, 0.3) is 0 Å². The van der Waals surface area contributed by atoms with Crippen LogP contribution in [0, 0.1) is 23.5 Å². The van der Waals surface area contributed by atoms with Crippen LogP contribution in [-0.2, 0) is 6.42 Å². The molecule has 3 rings (SSSR count). The predicted octanol–water partition coefficient (Wildman–Crippen LogP) is 5.44. The minimum atomic E-state index is -0.915. The summed E-state index contributed by atoms with van der Waals surface area (Å²) in [4.78, 5) is 12.8. The Morgan fingerprint density at radius 3 is 2.57 bits per heavy atom. The van der Waals surface area contributed by atoms with Gasteiger partial charge in [0.05, 0.1) is 6.10 Å². The average molecular weight is 447 g/mol. The molecular formula is C20H21ClF2O3S2. The van der Waals surface area contributed by atoms with Crippen LogP contribution in [0.2, 0.25) is 0 Å². The molecule has 28 heavy (non-hydrogen) atoms. The van der Waals surface area contributed by atoms with Gasteiger partial charge in [-0.25, -0.2) is 13.6 Å². The first-order chi connectivity index (χ1) is 13.3. The summed E-state index contributed by atoms with van der Waals surface area (Å²) in [7, 11) is 0. The van der Waals surface area contributed by atoms with Gasteiger partial charge < -0.3 is 10.2 Å². The number of halogens is 3. The van der Waals surface area contributed by atoms with Gasteiger partial charge in [-0.3, -0.25) is 0 Å². The van der Waals surface area contributed by atoms with E-state index >= 15 is 0 Å². The van der Waals surface area contributed by atoms with Gasteiger partial charge in [0.15, 0.2) is 0 Å². The molecule has 1 unspecified atom stereocenters. The van der Waals surface area contributed by atoms with E-state index < -0.39 is 23.7 Å². The molecule has 1 heterocycles. The van der Waals surface area contributed by atoms with Crippen LogP contribution in [0.5, 0.6) is 0 Å². The molecule has 1 saturated carbocycles. The SMILES string of the molecule is O=C(O)c1ccc(CCCC2[C@H](Cl)C[C@@H](O)[C@@H]2CSc2cc(F)cc(F)c2)s1. The minimum absolute atomic E-state index is 0.0447. The van der Waals surface area contributed by atoms with Crippen molar-refractivity contribution in [2.75, 3.05) is 5.75 Å². The summed E-state index contributed by atoms with van der Waals surface area (Å²) in [6, 6.07) is 6.87. The number of aryl methyl sites for hydroxylation is 1. The third-order valence-corrected chi connectivity index (χ3v) is 7.84. The van der Waals surface area contributed by atoms with Crippen molar-refractivity contribution in [1.82, 2.24) is 0 Å². The van der Waals surface area contributed by atoms with Crippen molar-refractivity contribution in [2.24, 2.45) is 11.8 Å². The van der Waals surface area contributed by atoms with Gasteiger partial charge >= 0.3 is 5.97 Å². The fraction of sp³-hybridized carbons (Fsp3) is 0.450. The lowest BCUT2D eigenvalue weighted by Crippen LogP contribution is -2.23. The summed E-state index contributed by atoms with van der Waals surface area (Å²) in [6.07, 6.45) is 2.41. The van der Waals surface area contributed by atoms with Crippen LogP contribution < -0.4 is 0 Å². The zero-order valence-electron chi connectivity index (χ0n) is 15.0. The Hall–Kier alpha value is -1.15. The van der Waals surface area contributed by atoms with Gasteiger partial charge in [-0.2, -0.15) is 0 Å². The van der Waals surface area contributed by atoms with Crippen molar-refractivity contribution in [2.45, 2.75) is 42.1 Å². The zero-order chi connectivity index (χ0) is 20.3. The number of aromatic carboxylic acids is 1. The first-order valence-corrected chi connectivity index (χ1v) is 11.3. The summed E-state index contributed by atoms with van der Waals surface area (Å²) in [5.74, 6) is -1.53. The monoisotopic (exact) mass is 446 g/mol. The maximum absolute atomic E-state index is 13.4. The number of aliphatic hydroxyl groups is 1. The van der Waals surface area contributed by atoms with Crippen molar-refractivity contribution < 1.29 is 23.8 Å². The van der Waals surface area contributed by atoms with Gasteiger partial charge in [0.1, 0.15) is 16.5 Å². The standard InChI is InChI=1S/C20H21ClF2O3S2/c21-17-9-18(24)16(10-27-14-7-11(22)6-12(23)8-14)15(17)3-1-2-13-4-5-19(28-13)20(25)26/h4-8,15-18,24H,1-3,9-10H2,(H,25,26)/t15?,16-,17-,18-/m1/s1. The van der Waals surface area contributed by atoms with Crippen LogP contribution in [0.4, 0.5) is 8.78 Å². The molecule has 1 aliphatic rings. The first kappa shape index (κ1) is 21.6. The van der Waals surface area contributed by atoms with Gasteiger partial charge in [-0.15, -0.1) is 34.7 Å². The molecule has 0 aliphatic heterocycles. The minimum Gasteiger partial charge on any atom is -0.477 e. The Morgan fingerprint density at radius 2 is 1.93 bits per heavy atom. The summed E-state index contributed by atoms with van der Waals surface area (Å²) in [5.41, 5.74) is 0. The number of alkyl halides is 1. The molecule has 0 saturated heterocycles. The molecule has 1 aromatic carbocycles. The first-order valence-electron chi connectivity index (χ1n) is 9.06. The second-order valence-corrected chi connectivity index (χ2v) is 9.85. The topological polar surface area (TPSA) is 57.5 Å². The van der Waals surface area contributed by atoms with Crippen molar-refractivity contribution in [3.8, 4) is 0 Å². The maximum Gasteiger partial charge on any atom is 0.345 e. The molecule has 1 aromatic heterocycles. The fourth-order valence-corrected chi connectivity index (χ4v) is 6.34. The maximum atomic E-state index is 13.4. The molecule has 0 bridgehead atoms. The molecule has 2 N–H and O–H groups in total. The van der Waals surface area contributed by atoms with Gasteiger partial charge in [0.2, 0.25) is 0 Å². The number of hydrogen-bond donors (Lipinski definition) is 2. The highest BCUT2D eigenvalue weighted by atomic mass is 35.5. The number of benzene rings is 1. The zero-order valence-corrected chi connectivity index (χ0v) is 17.4. The molecule has 3 nitrogen and oxygen atoms in total. The number of hydrogen-bond acceptors (Lipinski definition) is 4. The third kappa shape index (κ3) is 5.47. The van der Waals surface area contributed by atoms with Crippen molar-refractivity contribution in [3.05, 3.63) is 51.7 Å². The van der Waals surface area contributed by atoms with E-state index in [0.29, 0.717) is 21.9 Å². The normalized spacial score (nSPS) is 24.6. The summed E-state index contributed by atoms with van der Waals surface area (Å²) in [6.45, 7) is 0. The highest BCUT2D eigenvalue weighted by molar-refractivity contribution is 7.99. The van der Waals surface area contributed by atoms with Crippen LogP contribution >= 0.6 is 34.7 Å². The number of rotatable bonds is 8. The van der Waals surface area contributed by atoms with E-state index in [1.54, 1.807) is 6.07 Å². The van der Waals surface area contributed by atoms with Crippen LogP contribution in [0.25, 0.3) is 0 Å². The number of thioether (sulfide) groups is 1. The molecule has 1 fully saturated rings. The molecule has 2 aromatic rings. The lowest BCUT2D eigenvalue weighted by atomic mass is 9.91. The number of carboxylic acid groups (broad SMARTS) is 1. The van der Waals surface area contributed by atoms with E-state index in [1.807, 2.05) is 6.07 Å². The molecule has 8 heteroatoms. The van der Waals surface area contributed by atoms with E-state index in [0.717, 1.165) is 30.2 Å². The van der Waals surface area contributed by atoms with Crippen molar-refractivity contribution in [1.29, 1.82) is 0 Å². The van der Waals surface area contributed by atoms with E-state index in [4.69, 9.17) is 16.7 Å². The molecule has 0 spiro atoms. The summed E-state index contributed by atoms with van der Waals surface area (Å²) in [5, 5.41) is 19.3. The summed E-state index contributed by atoms with van der Waals surface area (Å²) >= 11 is 9.07. The van der Waals surface area contributed by atoms with E-state index in [2.05, 4.69) is 0 Å². The molecular weight excluding hydrogens is 426 g/mol. The Bertz CT molecular complexity index is 809. The third-order valence-electron chi connectivity index (χ3n) is 5.09. The van der Waals surface area contributed by atoms with Gasteiger partial charge in [0, 0.05) is 27.0 Å².